The number of carbonyl (C=O) groups is 7. The van der Waals surface area contributed by atoms with Gasteiger partial charge in [0.15, 0.2) is 0 Å². The maximum absolute atomic E-state index is 14.2. The van der Waals surface area contributed by atoms with Crippen LogP contribution in [0.15, 0.2) is 30.3 Å². The van der Waals surface area contributed by atoms with E-state index in [2.05, 4.69) is 21.3 Å². The van der Waals surface area contributed by atoms with Gasteiger partial charge in [-0.15, -0.1) is 0 Å². The largest absolute Gasteiger partial charge is 0.449 e. The number of nitrogens with zero attached hydrogens (tertiary/aromatic N) is 1. The minimum Gasteiger partial charge on any atom is -0.449 e. The molecule has 0 bridgehead atoms. The highest BCUT2D eigenvalue weighted by molar-refractivity contribution is 6.38. The van der Waals surface area contributed by atoms with E-state index >= 15 is 0 Å². The summed E-state index contributed by atoms with van der Waals surface area (Å²) in [6.45, 7) is 16.1. The lowest BCUT2D eigenvalue weighted by Gasteiger charge is -2.35. The molecule has 2 rings (SSSR count). The van der Waals surface area contributed by atoms with Gasteiger partial charge in [0.25, 0.3) is 5.91 Å². The van der Waals surface area contributed by atoms with Crippen molar-refractivity contribution in [2.24, 2.45) is 17.1 Å². The Kier molecular flexibility index (Phi) is 16.2. The molecular formula is C37H58N6O9. The third-order valence-electron chi connectivity index (χ3n) is 8.13. The molecule has 15 nitrogen and oxygen atoms in total. The van der Waals surface area contributed by atoms with E-state index in [0.29, 0.717) is 18.4 Å². The molecule has 1 saturated heterocycles. The maximum Gasteiger partial charge on any atom is 0.407 e. The number of nitrogens with one attached hydrogen (secondary N) is 4. The van der Waals surface area contributed by atoms with Gasteiger partial charge < -0.3 is 41.4 Å². The van der Waals surface area contributed by atoms with E-state index < -0.39 is 89.2 Å². The van der Waals surface area contributed by atoms with E-state index in [0.717, 1.165) is 0 Å². The summed E-state index contributed by atoms with van der Waals surface area (Å²) >= 11 is 0. The Balaban J connectivity index is 2.25. The topological polar surface area (TPSA) is 215 Å². The highest BCUT2D eigenvalue weighted by atomic mass is 16.5. The van der Waals surface area contributed by atoms with Gasteiger partial charge in [-0.2, -0.15) is 0 Å². The Bertz CT molecular complexity index is 1420. The number of nitrogens with two attached hydrogens (primary N) is 1. The van der Waals surface area contributed by atoms with Gasteiger partial charge in [-0.25, -0.2) is 4.79 Å². The molecule has 1 fully saturated rings. The minimum atomic E-state index is -1.26. The SMILES string of the molecule is CCCCC(NC(=O)C1CC(OC(C)(C)C)CN1C(=O)C(NC(=O)OCC(C)C)C(C)(C)C)C(=O)C(=O)NCC(=O)NC(C(N)=O)c1ccccc1. The number of ether oxygens (including phenoxy) is 2. The highest BCUT2D eigenvalue weighted by Crippen LogP contribution is 2.29. The lowest BCUT2D eigenvalue weighted by molar-refractivity contribution is -0.144. The first-order valence-corrected chi connectivity index (χ1v) is 17.8. The maximum atomic E-state index is 14.2. The molecule has 5 unspecified atom stereocenters. The fourth-order valence-electron chi connectivity index (χ4n) is 5.62. The second-order valence-electron chi connectivity index (χ2n) is 15.6. The van der Waals surface area contributed by atoms with Crippen LogP contribution in [0.1, 0.15) is 99.6 Å². The Morgan fingerprint density at radius 3 is 2.12 bits per heavy atom. The Hall–Kier alpha value is -4.53. The van der Waals surface area contributed by atoms with E-state index in [9.17, 15) is 33.6 Å². The van der Waals surface area contributed by atoms with E-state index in [1.807, 2.05) is 41.5 Å². The normalized spacial score (nSPS) is 17.8. The quantitative estimate of drug-likeness (QED) is 0.149. The third kappa shape index (κ3) is 13.9. The van der Waals surface area contributed by atoms with Gasteiger partial charge in [0.2, 0.25) is 29.4 Å². The average molecular weight is 731 g/mol. The Morgan fingerprint density at radius 2 is 1.58 bits per heavy atom. The van der Waals surface area contributed by atoms with Crippen LogP contribution in [-0.4, -0.2) is 95.8 Å². The molecule has 1 aliphatic rings. The summed E-state index contributed by atoms with van der Waals surface area (Å²) in [4.78, 5) is 93.2. The molecule has 0 spiro atoms. The van der Waals surface area contributed by atoms with Crippen LogP contribution in [0.4, 0.5) is 4.79 Å². The molecule has 52 heavy (non-hydrogen) atoms. The van der Waals surface area contributed by atoms with Crippen LogP contribution in [0, 0.1) is 11.3 Å². The minimum absolute atomic E-state index is 0.0436. The first-order valence-electron chi connectivity index (χ1n) is 17.8. The van der Waals surface area contributed by atoms with Crippen molar-refractivity contribution in [1.82, 2.24) is 26.2 Å². The van der Waals surface area contributed by atoms with Crippen LogP contribution >= 0.6 is 0 Å². The van der Waals surface area contributed by atoms with Gasteiger partial charge >= 0.3 is 6.09 Å². The molecular weight excluding hydrogens is 672 g/mol. The van der Waals surface area contributed by atoms with Crippen molar-refractivity contribution in [3.8, 4) is 0 Å². The number of rotatable bonds is 17. The number of alkyl carbamates (subject to hydrolysis) is 1. The highest BCUT2D eigenvalue weighted by Gasteiger charge is 2.47. The summed E-state index contributed by atoms with van der Waals surface area (Å²) in [6.07, 6.45) is 0.0556. The number of Topliss-reactive ketones (excluding diaryl/α,β-unsaturated/α-hetero) is 1. The molecule has 6 N–H and O–H groups in total. The number of unbranched alkanes of at least 4 members (excludes halogenated alkanes) is 1. The van der Waals surface area contributed by atoms with Crippen LogP contribution < -0.4 is 27.0 Å². The molecule has 290 valence electrons. The van der Waals surface area contributed by atoms with E-state index in [-0.39, 0.29) is 31.9 Å². The van der Waals surface area contributed by atoms with Crippen molar-refractivity contribution >= 4 is 41.4 Å². The zero-order valence-electron chi connectivity index (χ0n) is 32.0. The molecule has 0 aromatic heterocycles. The first kappa shape index (κ1) is 43.6. The van der Waals surface area contributed by atoms with E-state index in [1.54, 1.807) is 51.1 Å². The fraction of sp³-hybridized carbons (Fsp3) is 0.649. The summed E-state index contributed by atoms with van der Waals surface area (Å²) in [5, 5.41) is 10.1. The van der Waals surface area contributed by atoms with Gasteiger partial charge in [0, 0.05) is 13.0 Å². The molecule has 6 amide bonds. The lowest BCUT2D eigenvalue weighted by atomic mass is 9.85. The van der Waals surface area contributed by atoms with Crippen molar-refractivity contribution in [1.29, 1.82) is 0 Å². The summed E-state index contributed by atoms with van der Waals surface area (Å²) in [5.41, 5.74) is 4.53. The van der Waals surface area contributed by atoms with E-state index in [4.69, 9.17) is 15.2 Å². The number of amides is 6. The number of hydrogen-bond acceptors (Lipinski definition) is 9. The van der Waals surface area contributed by atoms with Gasteiger partial charge in [-0.1, -0.05) is 84.7 Å². The number of primary amides is 1. The Morgan fingerprint density at radius 1 is 0.942 bits per heavy atom. The molecule has 0 aliphatic carbocycles. The molecule has 1 aromatic carbocycles. The molecule has 1 aliphatic heterocycles. The molecule has 0 radical (unpaired) electrons. The zero-order valence-corrected chi connectivity index (χ0v) is 32.0. The predicted molar refractivity (Wildman–Crippen MR) is 193 cm³/mol. The van der Waals surface area contributed by atoms with Gasteiger partial charge in [-0.3, -0.25) is 28.8 Å². The van der Waals surface area contributed by atoms with Crippen molar-refractivity contribution in [2.45, 2.75) is 124 Å². The first-order chi connectivity index (χ1) is 24.1. The number of hydrogen-bond donors (Lipinski definition) is 5. The van der Waals surface area contributed by atoms with Crippen LogP contribution in [0.3, 0.4) is 0 Å². The van der Waals surface area contributed by atoms with Crippen LogP contribution in [0.25, 0.3) is 0 Å². The number of benzene rings is 1. The molecule has 1 aromatic rings. The van der Waals surface area contributed by atoms with Gasteiger partial charge in [0.1, 0.15) is 18.1 Å². The standard InChI is InChI=1S/C37H58N6O9/c1-10-11-17-25(29(45)33(48)39-19-27(44)41-28(31(38)46)23-15-13-12-14-16-23)40-32(47)26-18-24(52-37(7,8)9)20-43(26)34(49)30(36(4,5)6)42-35(50)51-21-22(2)3/h12-16,22,24-26,28,30H,10-11,17-21H2,1-9H3,(H2,38,46)(H,39,48)(H,40,47)(H,41,44)(H,42,50). The predicted octanol–water partition coefficient (Wildman–Crippen LogP) is 2.27. The van der Waals surface area contributed by atoms with Crippen LogP contribution in [0.5, 0.6) is 0 Å². The molecule has 0 saturated carbocycles. The summed E-state index contributed by atoms with van der Waals surface area (Å²) < 4.78 is 11.4. The molecule has 15 heteroatoms. The number of ketones is 1. The fourth-order valence-corrected chi connectivity index (χ4v) is 5.62. The van der Waals surface area contributed by atoms with Crippen molar-refractivity contribution in [2.75, 3.05) is 19.7 Å². The second-order valence-corrected chi connectivity index (χ2v) is 15.6. The van der Waals surface area contributed by atoms with E-state index in [1.165, 1.54) is 4.90 Å². The number of carbonyl (C=O) groups excluding carboxylic acids is 7. The van der Waals surface area contributed by atoms with Crippen LogP contribution in [0.2, 0.25) is 0 Å². The third-order valence-corrected chi connectivity index (χ3v) is 8.13. The smallest absolute Gasteiger partial charge is 0.407 e. The monoisotopic (exact) mass is 730 g/mol. The van der Waals surface area contributed by atoms with Gasteiger partial charge in [-0.05, 0) is 44.1 Å². The summed E-state index contributed by atoms with van der Waals surface area (Å²) in [7, 11) is 0. The lowest BCUT2D eigenvalue weighted by Crippen LogP contribution is -2.59. The van der Waals surface area contributed by atoms with Crippen molar-refractivity contribution in [3.05, 3.63) is 35.9 Å². The van der Waals surface area contributed by atoms with Crippen molar-refractivity contribution < 1.29 is 43.0 Å². The van der Waals surface area contributed by atoms with Crippen molar-refractivity contribution in [3.63, 3.8) is 0 Å². The number of likely N-dealkylation sites (tertiary alicyclic amines) is 1. The molecule has 1 heterocycles. The second kappa shape index (κ2) is 19.3. The average Bonchev–Trinajstić information content (AvgIpc) is 3.47. The van der Waals surface area contributed by atoms with Crippen LogP contribution in [-0.2, 0) is 38.2 Å². The van der Waals surface area contributed by atoms with Gasteiger partial charge in [0.05, 0.1) is 30.9 Å². The summed E-state index contributed by atoms with van der Waals surface area (Å²) in [6, 6.07) is 3.72. The molecule has 5 atom stereocenters. The Labute approximate surface area is 306 Å². The zero-order chi connectivity index (χ0) is 39.4. The summed E-state index contributed by atoms with van der Waals surface area (Å²) in [5.74, 6) is -4.79.